The van der Waals surface area contributed by atoms with Crippen molar-refractivity contribution >= 4 is 17.4 Å². The summed E-state index contributed by atoms with van der Waals surface area (Å²) in [6, 6.07) is 7.49. The zero-order chi connectivity index (χ0) is 27.4. The zero-order valence-corrected chi connectivity index (χ0v) is 19.7. The Bertz CT molecular complexity index is 1580. The van der Waals surface area contributed by atoms with Gasteiger partial charge in [0.1, 0.15) is 17.0 Å². The van der Waals surface area contributed by atoms with Crippen molar-refractivity contribution in [2.75, 3.05) is 5.32 Å². The number of fused-ring (bicyclic) bond motifs is 1. The Hall–Kier alpha value is -4.10. The minimum absolute atomic E-state index is 0.0937. The van der Waals surface area contributed by atoms with Crippen molar-refractivity contribution in [2.45, 2.75) is 50.9 Å². The van der Waals surface area contributed by atoms with E-state index in [9.17, 15) is 35.9 Å². The van der Waals surface area contributed by atoms with E-state index in [2.05, 4.69) is 25.6 Å². The number of nitrogens with zero attached hydrogens (tertiary/aromatic N) is 3. The first-order valence-corrected chi connectivity index (χ1v) is 11.6. The lowest BCUT2D eigenvalue weighted by Crippen LogP contribution is -2.29. The van der Waals surface area contributed by atoms with Gasteiger partial charge in [0.15, 0.2) is 11.4 Å². The van der Waals surface area contributed by atoms with Crippen LogP contribution in [0.1, 0.15) is 64.6 Å². The SMILES string of the molecule is Cc1[nH]c2c(-c3ccccc3)c(C(F)(F)F)nn2c(=O)c1C(=O)Nc1[nH]nc(C(F)(F)F)c1C1CCCC1. The smallest absolute Gasteiger partial charge is 0.342 e. The zero-order valence-electron chi connectivity index (χ0n) is 19.7. The molecule has 200 valence electrons. The number of carbonyl (C=O) groups excluding carboxylic acids is 1. The Balaban J connectivity index is 1.62. The molecule has 3 heterocycles. The first kappa shape index (κ1) is 25.5. The van der Waals surface area contributed by atoms with Crippen molar-refractivity contribution in [3.8, 4) is 11.1 Å². The summed E-state index contributed by atoms with van der Waals surface area (Å²) >= 11 is 0. The van der Waals surface area contributed by atoms with Crippen LogP contribution < -0.4 is 10.9 Å². The summed E-state index contributed by atoms with van der Waals surface area (Å²) in [5.41, 5.74) is -5.08. The Morgan fingerprint density at radius 1 is 1.03 bits per heavy atom. The van der Waals surface area contributed by atoms with Crippen LogP contribution in [0.4, 0.5) is 32.2 Å². The number of aromatic amines is 2. The molecule has 3 N–H and O–H groups in total. The van der Waals surface area contributed by atoms with E-state index in [-0.39, 0.29) is 33.8 Å². The van der Waals surface area contributed by atoms with Gasteiger partial charge in [0, 0.05) is 11.3 Å². The molecule has 1 aliphatic carbocycles. The molecule has 0 unspecified atom stereocenters. The molecule has 38 heavy (non-hydrogen) atoms. The average molecular weight is 538 g/mol. The van der Waals surface area contributed by atoms with Gasteiger partial charge in [0.05, 0.1) is 5.56 Å². The molecule has 0 radical (unpaired) electrons. The first-order chi connectivity index (χ1) is 17.9. The number of hydrogen-bond acceptors (Lipinski definition) is 4. The standard InChI is InChI=1S/C24H20F6N6O2/c1-11-14(21(37)32-19-15(12-9-5-6-10-12)17(33-34-19)23(25,26)27)22(38)36-20(31-11)16(13-7-3-2-4-8-13)18(35-36)24(28,29)30/h2-4,7-8,12,31H,5-6,9-10H2,1H3,(H2,32,33,34,37). The van der Waals surface area contributed by atoms with Crippen LogP contribution in [-0.4, -0.2) is 30.7 Å². The fourth-order valence-corrected chi connectivity index (χ4v) is 4.98. The molecule has 1 aliphatic rings. The maximum absolute atomic E-state index is 13.9. The van der Waals surface area contributed by atoms with E-state index in [0.717, 1.165) is 0 Å². The monoisotopic (exact) mass is 538 g/mol. The van der Waals surface area contributed by atoms with Crippen LogP contribution in [0.5, 0.6) is 0 Å². The number of H-pyrrole nitrogens is 2. The van der Waals surface area contributed by atoms with Gasteiger partial charge in [0.2, 0.25) is 0 Å². The maximum atomic E-state index is 13.9. The van der Waals surface area contributed by atoms with Crippen molar-refractivity contribution < 1.29 is 31.1 Å². The van der Waals surface area contributed by atoms with Crippen molar-refractivity contribution in [3.63, 3.8) is 0 Å². The highest BCUT2D eigenvalue weighted by molar-refractivity contribution is 6.05. The van der Waals surface area contributed by atoms with E-state index in [4.69, 9.17) is 0 Å². The van der Waals surface area contributed by atoms with Crippen molar-refractivity contribution in [1.29, 1.82) is 0 Å². The molecule has 4 aromatic rings. The van der Waals surface area contributed by atoms with E-state index >= 15 is 0 Å². The van der Waals surface area contributed by atoms with Crippen LogP contribution in [0.2, 0.25) is 0 Å². The second-order valence-electron chi connectivity index (χ2n) is 9.07. The fraction of sp³-hybridized carbons (Fsp3) is 0.333. The molecule has 0 bridgehead atoms. The summed E-state index contributed by atoms with van der Waals surface area (Å²) in [6.07, 6.45) is -7.35. The molecule has 8 nitrogen and oxygen atoms in total. The van der Waals surface area contributed by atoms with Crippen LogP contribution in [-0.2, 0) is 12.4 Å². The lowest BCUT2D eigenvalue weighted by Gasteiger charge is -2.15. The van der Waals surface area contributed by atoms with Gasteiger partial charge in [-0.25, -0.2) is 0 Å². The largest absolute Gasteiger partial charge is 0.435 e. The number of aromatic nitrogens is 5. The second-order valence-corrected chi connectivity index (χ2v) is 9.07. The van der Waals surface area contributed by atoms with Gasteiger partial charge in [-0.3, -0.25) is 14.7 Å². The van der Waals surface area contributed by atoms with E-state index in [1.165, 1.54) is 31.2 Å². The van der Waals surface area contributed by atoms with Gasteiger partial charge in [0.25, 0.3) is 11.5 Å². The van der Waals surface area contributed by atoms with Crippen molar-refractivity contribution in [2.24, 2.45) is 0 Å². The normalized spacial score (nSPS) is 14.9. The Morgan fingerprint density at radius 3 is 2.26 bits per heavy atom. The van der Waals surface area contributed by atoms with Gasteiger partial charge in [-0.15, -0.1) is 0 Å². The summed E-state index contributed by atoms with van der Waals surface area (Å²) in [7, 11) is 0. The molecule has 1 aromatic carbocycles. The minimum Gasteiger partial charge on any atom is -0.342 e. The lowest BCUT2D eigenvalue weighted by molar-refractivity contribution is -0.142. The molecular formula is C24H20F6N6O2. The molecule has 1 saturated carbocycles. The molecule has 0 spiro atoms. The van der Waals surface area contributed by atoms with Gasteiger partial charge >= 0.3 is 12.4 Å². The van der Waals surface area contributed by atoms with Crippen LogP contribution in [0, 0.1) is 6.92 Å². The van der Waals surface area contributed by atoms with E-state index in [0.29, 0.717) is 30.2 Å². The van der Waals surface area contributed by atoms with Crippen molar-refractivity contribution in [3.05, 3.63) is 68.9 Å². The lowest BCUT2D eigenvalue weighted by atomic mass is 9.96. The number of benzene rings is 1. The summed E-state index contributed by atoms with van der Waals surface area (Å²) in [6.45, 7) is 1.30. The molecule has 0 atom stereocenters. The third kappa shape index (κ3) is 4.33. The van der Waals surface area contributed by atoms with Gasteiger partial charge in [-0.1, -0.05) is 43.2 Å². The number of amides is 1. The topological polar surface area (TPSA) is 108 Å². The third-order valence-corrected chi connectivity index (χ3v) is 6.61. The molecule has 1 amide bonds. The number of aryl methyl sites for hydroxylation is 1. The summed E-state index contributed by atoms with van der Waals surface area (Å²) in [5.74, 6) is -1.93. The number of carbonyl (C=O) groups is 1. The average Bonchev–Trinajstić information content (AvgIpc) is 3.57. The first-order valence-electron chi connectivity index (χ1n) is 11.6. The van der Waals surface area contributed by atoms with Crippen LogP contribution in [0.3, 0.4) is 0 Å². The highest BCUT2D eigenvalue weighted by Crippen LogP contribution is 2.44. The van der Waals surface area contributed by atoms with E-state index in [1.807, 2.05) is 0 Å². The molecule has 1 fully saturated rings. The highest BCUT2D eigenvalue weighted by Gasteiger charge is 2.42. The molecule has 3 aromatic heterocycles. The number of alkyl halides is 6. The second kappa shape index (κ2) is 9.03. The molecule has 5 rings (SSSR count). The number of halogens is 6. The van der Waals surface area contributed by atoms with Gasteiger partial charge in [-0.05, 0) is 31.2 Å². The predicted molar refractivity (Wildman–Crippen MR) is 124 cm³/mol. The van der Waals surface area contributed by atoms with Crippen LogP contribution >= 0.6 is 0 Å². The summed E-state index contributed by atoms with van der Waals surface area (Å²) in [5, 5.41) is 11.3. The van der Waals surface area contributed by atoms with Gasteiger partial charge in [-0.2, -0.15) is 41.1 Å². The summed E-state index contributed by atoms with van der Waals surface area (Å²) < 4.78 is 82.9. The third-order valence-electron chi connectivity index (χ3n) is 6.61. The predicted octanol–water partition coefficient (Wildman–Crippen LogP) is 5.67. The van der Waals surface area contributed by atoms with E-state index < -0.39 is 46.7 Å². The number of rotatable bonds is 4. The van der Waals surface area contributed by atoms with Crippen LogP contribution in [0.15, 0.2) is 35.1 Å². The Morgan fingerprint density at radius 2 is 1.66 bits per heavy atom. The molecule has 0 aliphatic heterocycles. The fourth-order valence-electron chi connectivity index (χ4n) is 4.98. The Kier molecular flexibility index (Phi) is 6.07. The maximum Gasteiger partial charge on any atom is 0.435 e. The number of hydrogen-bond donors (Lipinski definition) is 3. The molecule has 14 heteroatoms. The van der Waals surface area contributed by atoms with Gasteiger partial charge < -0.3 is 10.3 Å². The van der Waals surface area contributed by atoms with E-state index in [1.54, 1.807) is 6.07 Å². The molecule has 0 saturated heterocycles. The Labute approximate surface area is 210 Å². The number of nitrogens with one attached hydrogen (secondary N) is 3. The summed E-state index contributed by atoms with van der Waals surface area (Å²) in [4.78, 5) is 29.1. The quantitative estimate of drug-likeness (QED) is 0.291. The van der Waals surface area contributed by atoms with Crippen molar-refractivity contribution in [1.82, 2.24) is 24.8 Å². The minimum atomic E-state index is -4.92. The highest BCUT2D eigenvalue weighted by atomic mass is 19.4. The molecular weight excluding hydrogens is 518 g/mol. The number of anilines is 1. The van der Waals surface area contributed by atoms with Crippen LogP contribution in [0.25, 0.3) is 16.8 Å².